The highest BCUT2D eigenvalue weighted by molar-refractivity contribution is 5.85. The van der Waals surface area contributed by atoms with E-state index in [0.29, 0.717) is 18.2 Å². The molecule has 0 N–H and O–H groups in total. The lowest BCUT2D eigenvalue weighted by molar-refractivity contribution is -0.143. The minimum Gasteiger partial charge on any atom is -0.342 e. The summed E-state index contributed by atoms with van der Waals surface area (Å²) in [4.78, 5) is 31.8. The summed E-state index contributed by atoms with van der Waals surface area (Å²) in [5.41, 5.74) is 2.80. The van der Waals surface area contributed by atoms with Gasteiger partial charge in [-0.05, 0) is 62.7 Å². The first-order valence-corrected chi connectivity index (χ1v) is 10.8. The van der Waals surface area contributed by atoms with E-state index in [1.54, 1.807) is 0 Å². The van der Waals surface area contributed by atoms with Crippen LogP contribution in [0, 0.1) is 5.41 Å². The van der Waals surface area contributed by atoms with Crippen LogP contribution in [0.5, 0.6) is 0 Å². The Balaban J connectivity index is 1.36. The molecule has 1 aromatic rings. The number of carbonyl (C=O) groups excluding carboxylic acids is 2. The molecule has 2 fully saturated rings. The molecule has 3 aliphatic rings. The van der Waals surface area contributed by atoms with Crippen molar-refractivity contribution in [1.29, 1.82) is 0 Å². The summed E-state index contributed by atoms with van der Waals surface area (Å²) in [5, 5.41) is 0. The Morgan fingerprint density at radius 3 is 2.64 bits per heavy atom. The van der Waals surface area contributed by atoms with Gasteiger partial charge in [-0.3, -0.25) is 9.59 Å². The van der Waals surface area contributed by atoms with Crippen LogP contribution in [0.1, 0.15) is 49.1 Å². The van der Waals surface area contributed by atoms with Gasteiger partial charge in [0.2, 0.25) is 11.8 Å². The van der Waals surface area contributed by atoms with Crippen LogP contribution in [0.4, 0.5) is 0 Å². The zero-order valence-corrected chi connectivity index (χ0v) is 17.3. The fourth-order valence-corrected chi connectivity index (χ4v) is 5.27. The van der Waals surface area contributed by atoms with Crippen LogP contribution in [-0.4, -0.2) is 73.3 Å². The van der Waals surface area contributed by atoms with Gasteiger partial charge in [0, 0.05) is 39.1 Å². The van der Waals surface area contributed by atoms with Crippen molar-refractivity contribution in [3.63, 3.8) is 0 Å². The number of nitrogens with zero attached hydrogens (tertiary/aromatic N) is 3. The Morgan fingerprint density at radius 1 is 1.14 bits per heavy atom. The molecule has 2 heterocycles. The number of likely N-dealkylation sites (N-methyl/N-ethyl adjacent to an activating group) is 1. The highest BCUT2D eigenvalue weighted by atomic mass is 16.2. The molecule has 5 nitrogen and oxygen atoms in total. The number of rotatable bonds is 4. The zero-order chi connectivity index (χ0) is 19.7. The molecule has 1 aliphatic carbocycles. The summed E-state index contributed by atoms with van der Waals surface area (Å²) in [6, 6.07) is 8.42. The van der Waals surface area contributed by atoms with Gasteiger partial charge < -0.3 is 14.7 Å². The molecule has 1 atom stereocenters. The molecule has 5 heteroatoms. The third-order valence-electron chi connectivity index (χ3n) is 7.13. The molecule has 2 amide bonds. The summed E-state index contributed by atoms with van der Waals surface area (Å²) in [7, 11) is 4.10. The van der Waals surface area contributed by atoms with E-state index in [0.717, 1.165) is 64.8 Å². The van der Waals surface area contributed by atoms with Crippen molar-refractivity contribution in [2.75, 3.05) is 46.8 Å². The summed E-state index contributed by atoms with van der Waals surface area (Å²) in [6.07, 6.45) is 5.67. The molecule has 1 spiro atoms. The largest absolute Gasteiger partial charge is 0.342 e. The second kappa shape index (κ2) is 7.86. The molecule has 152 valence electrons. The predicted molar refractivity (Wildman–Crippen MR) is 110 cm³/mol. The van der Waals surface area contributed by atoms with Crippen LogP contribution in [0.2, 0.25) is 0 Å². The molecule has 0 saturated carbocycles. The monoisotopic (exact) mass is 383 g/mol. The van der Waals surface area contributed by atoms with E-state index in [2.05, 4.69) is 53.1 Å². The summed E-state index contributed by atoms with van der Waals surface area (Å²) >= 11 is 0. The first-order chi connectivity index (χ1) is 13.5. The minimum atomic E-state index is 0.0507. The number of amides is 2. The van der Waals surface area contributed by atoms with Crippen LogP contribution in [0.3, 0.4) is 0 Å². The molecule has 2 aliphatic heterocycles. The Bertz CT molecular complexity index is 737. The van der Waals surface area contributed by atoms with Gasteiger partial charge in [-0.2, -0.15) is 0 Å². The number of fused-ring (bicyclic) bond motifs is 1. The summed E-state index contributed by atoms with van der Waals surface area (Å²) < 4.78 is 0. The smallest absolute Gasteiger partial charge is 0.230 e. The van der Waals surface area contributed by atoms with Crippen molar-refractivity contribution in [2.24, 2.45) is 5.41 Å². The second-order valence-corrected chi connectivity index (χ2v) is 9.23. The van der Waals surface area contributed by atoms with Crippen LogP contribution < -0.4 is 0 Å². The van der Waals surface area contributed by atoms with Crippen molar-refractivity contribution in [2.45, 2.75) is 44.4 Å². The highest BCUT2D eigenvalue weighted by Gasteiger charge is 2.42. The van der Waals surface area contributed by atoms with Crippen molar-refractivity contribution >= 4 is 11.8 Å². The van der Waals surface area contributed by atoms with Crippen molar-refractivity contribution in [3.8, 4) is 0 Å². The highest BCUT2D eigenvalue weighted by Crippen LogP contribution is 2.42. The first-order valence-electron chi connectivity index (χ1n) is 10.8. The summed E-state index contributed by atoms with van der Waals surface area (Å²) in [5.74, 6) is 0.666. The molecule has 28 heavy (non-hydrogen) atoms. The number of hydrogen-bond acceptors (Lipinski definition) is 3. The number of piperidine rings is 2. The zero-order valence-electron chi connectivity index (χ0n) is 17.3. The third kappa shape index (κ3) is 3.82. The van der Waals surface area contributed by atoms with Gasteiger partial charge in [-0.15, -0.1) is 0 Å². The van der Waals surface area contributed by atoms with E-state index < -0.39 is 0 Å². The standard InChI is InChI=1S/C23H33N3O2/c1-24(2)15-16-26-17-23(10-9-21(26)27)11-13-25(14-12-23)22(28)20-8-7-18-5-3-4-6-19(18)20/h3-6,20H,7-17H2,1-2H3/t20-/m1/s1. The second-order valence-electron chi connectivity index (χ2n) is 9.23. The molecule has 0 radical (unpaired) electrons. The van der Waals surface area contributed by atoms with Gasteiger partial charge >= 0.3 is 0 Å². The number of hydrogen-bond donors (Lipinski definition) is 0. The number of carbonyl (C=O) groups is 2. The Labute approximate surface area is 168 Å². The molecule has 0 unspecified atom stereocenters. The Hall–Kier alpha value is -1.88. The van der Waals surface area contributed by atoms with E-state index in [-0.39, 0.29) is 11.3 Å². The molecular weight excluding hydrogens is 350 g/mol. The van der Waals surface area contributed by atoms with Crippen molar-refractivity contribution in [3.05, 3.63) is 35.4 Å². The van der Waals surface area contributed by atoms with Crippen LogP contribution in [0.15, 0.2) is 24.3 Å². The minimum absolute atomic E-state index is 0.0507. The topological polar surface area (TPSA) is 43.9 Å². The van der Waals surface area contributed by atoms with Crippen LogP contribution >= 0.6 is 0 Å². The van der Waals surface area contributed by atoms with Crippen molar-refractivity contribution in [1.82, 2.24) is 14.7 Å². The number of benzene rings is 1. The van der Waals surface area contributed by atoms with Crippen LogP contribution in [-0.2, 0) is 16.0 Å². The fourth-order valence-electron chi connectivity index (χ4n) is 5.27. The van der Waals surface area contributed by atoms with Gasteiger partial charge in [0.15, 0.2) is 0 Å². The predicted octanol–water partition coefficient (Wildman–Crippen LogP) is 2.51. The lowest BCUT2D eigenvalue weighted by atomic mass is 9.72. The Morgan fingerprint density at radius 2 is 1.89 bits per heavy atom. The molecule has 0 bridgehead atoms. The normalized spacial score (nSPS) is 24.1. The summed E-state index contributed by atoms with van der Waals surface area (Å²) in [6.45, 7) is 4.27. The van der Waals surface area contributed by atoms with E-state index in [1.165, 1.54) is 11.1 Å². The molecule has 4 rings (SSSR count). The van der Waals surface area contributed by atoms with E-state index in [9.17, 15) is 9.59 Å². The lowest BCUT2D eigenvalue weighted by Gasteiger charge is -2.48. The maximum atomic E-state index is 13.2. The maximum absolute atomic E-state index is 13.2. The quantitative estimate of drug-likeness (QED) is 0.802. The van der Waals surface area contributed by atoms with Crippen LogP contribution in [0.25, 0.3) is 0 Å². The van der Waals surface area contributed by atoms with E-state index in [4.69, 9.17) is 0 Å². The van der Waals surface area contributed by atoms with E-state index >= 15 is 0 Å². The van der Waals surface area contributed by atoms with Gasteiger partial charge in [0.25, 0.3) is 0 Å². The fraction of sp³-hybridized carbons (Fsp3) is 0.652. The van der Waals surface area contributed by atoms with Crippen molar-refractivity contribution < 1.29 is 9.59 Å². The Kier molecular flexibility index (Phi) is 5.46. The third-order valence-corrected chi connectivity index (χ3v) is 7.13. The molecular formula is C23H33N3O2. The van der Waals surface area contributed by atoms with Gasteiger partial charge in [0.05, 0.1) is 5.92 Å². The molecule has 1 aromatic carbocycles. The maximum Gasteiger partial charge on any atom is 0.230 e. The van der Waals surface area contributed by atoms with Gasteiger partial charge in [0.1, 0.15) is 0 Å². The first kappa shape index (κ1) is 19.4. The molecule has 2 saturated heterocycles. The SMILES string of the molecule is CN(C)CCN1CC2(CCC1=O)CCN(C(=O)[C@@H]1CCc3ccccc31)CC2. The van der Waals surface area contributed by atoms with Gasteiger partial charge in [-0.25, -0.2) is 0 Å². The number of aryl methyl sites for hydroxylation is 1. The average molecular weight is 384 g/mol. The average Bonchev–Trinajstić information content (AvgIpc) is 3.13. The van der Waals surface area contributed by atoms with E-state index in [1.807, 2.05) is 0 Å². The lowest BCUT2D eigenvalue weighted by Crippen LogP contribution is -2.53. The molecule has 0 aromatic heterocycles. The number of likely N-dealkylation sites (tertiary alicyclic amines) is 2. The van der Waals surface area contributed by atoms with Gasteiger partial charge in [-0.1, -0.05) is 24.3 Å².